The number of halogens is 1. The van der Waals surface area contributed by atoms with Crippen molar-refractivity contribution in [3.05, 3.63) is 27.8 Å². The second kappa shape index (κ2) is 5.68. The lowest BCUT2D eigenvalue weighted by Gasteiger charge is -2.25. The number of benzene rings is 1. The van der Waals surface area contributed by atoms with Crippen LogP contribution in [0.1, 0.15) is 13.8 Å². The van der Waals surface area contributed by atoms with E-state index in [-0.39, 0.29) is 12.6 Å². The molecule has 0 atom stereocenters. The molecule has 0 saturated heterocycles. The monoisotopic (exact) mass is 348 g/mol. The molecule has 2 N–H and O–H groups in total. The van der Waals surface area contributed by atoms with E-state index < -0.39 is 5.60 Å². The first-order chi connectivity index (χ1) is 7.78. The van der Waals surface area contributed by atoms with Gasteiger partial charge < -0.3 is 15.3 Å². The molecular weight excluding hydrogens is 331 g/mol. The first-order valence-electron chi connectivity index (χ1n) is 5.28. The van der Waals surface area contributed by atoms with Crippen LogP contribution < -0.4 is 5.32 Å². The van der Waals surface area contributed by atoms with E-state index in [4.69, 9.17) is 0 Å². The quantitative estimate of drug-likeness (QED) is 0.825. The zero-order valence-corrected chi connectivity index (χ0v) is 12.4. The molecule has 0 fully saturated rings. The van der Waals surface area contributed by atoms with Gasteiger partial charge in [-0.05, 0) is 54.6 Å². The fraction of sp³-hybridized carbons (Fsp3) is 0.417. The van der Waals surface area contributed by atoms with Crippen molar-refractivity contribution in [2.24, 2.45) is 0 Å². The lowest BCUT2D eigenvalue weighted by Crippen LogP contribution is -2.41. The Bertz CT molecular complexity index is 402. The minimum atomic E-state index is -0.892. The topological polar surface area (TPSA) is 52.6 Å². The summed E-state index contributed by atoms with van der Waals surface area (Å²) in [5.41, 5.74) is -0.138. The van der Waals surface area contributed by atoms with Gasteiger partial charge >= 0.3 is 6.03 Å². The van der Waals surface area contributed by atoms with E-state index in [0.717, 1.165) is 9.26 Å². The number of aliphatic hydroxyl groups is 1. The van der Waals surface area contributed by atoms with E-state index in [1.54, 1.807) is 20.9 Å². The molecule has 0 saturated carbocycles. The second-order valence-electron chi connectivity index (χ2n) is 4.61. The maximum atomic E-state index is 11.8. The fourth-order valence-electron chi connectivity index (χ4n) is 1.44. The highest BCUT2D eigenvalue weighted by atomic mass is 127. The molecule has 0 radical (unpaired) electrons. The first kappa shape index (κ1) is 14.2. The molecule has 0 heterocycles. The number of anilines is 1. The summed E-state index contributed by atoms with van der Waals surface area (Å²) in [6.07, 6.45) is 0. The summed E-state index contributed by atoms with van der Waals surface area (Å²) in [6, 6.07) is 7.33. The number of rotatable bonds is 3. The van der Waals surface area contributed by atoms with Crippen molar-refractivity contribution in [3.63, 3.8) is 0 Å². The van der Waals surface area contributed by atoms with Crippen LogP contribution in [0.4, 0.5) is 10.5 Å². The van der Waals surface area contributed by atoms with E-state index in [9.17, 15) is 9.90 Å². The molecule has 94 valence electrons. The number of hydrogen-bond acceptors (Lipinski definition) is 2. The zero-order chi connectivity index (χ0) is 13.1. The normalized spacial score (nSPS) is 11.1. The third-order valence-electron chi connectivity index (χ3n) is 2.05. The van der Waals surface area contributed by atoms with Crippen molar-refractivity contribution in [1.29, 1.82) is 0 Å². The zero-order valence-electron chi connectivity index (χ0n) is 10.2. The van der Waals surface area contributed by atoms with Crippen molar-refractivity contribution in [2.45, 2.75) is 19.4 Å². The third-order valence-corrected chi connectivity index (χ3v) is 2.72. The van der Waals surface area contributed by atoms with Crippen molar-refractivity contribution < 1.29 is 9.90 Å². The molecule has 4 nitrogen and oxygen atoms in total. The van der Waals surface area contributed by atoms with E-state index in [2.05, 4.69) is 27.9 Å². The Morgan fingerprint density at radius 3 is 2.71 bits per heavy atom. The van der Waals surface area contributed by atoms with Crippen LogP contribution in [-0.4, -0.2) is 35.2 Å². The molecule has 5 heteroatoms. The molecule has 0 bridgehead atoms. The maximum Gasteiger partial charge on any atom is 0.321 e. The van der Waals surface area contributed by atoms with Gasteiger partial charge in [-0.15, -0.1) is 0 Å². The van der Waals surface area contributed by atoms with Crippen molar-refractivity contribution in [2.75, 3.05) is 18.9 Å². The number of likely N-dealkylation sites (N-methyl/N-ethyl adjacent to an activating group) is 1. The third kappa shape index (κ3) is 5.36. The molecule has 17 heavy (non-hydrogen) atoms. The second-order valence-corrected chi connectivity index (χ2v) is 5.85. The van der Waals surface area contributed by atoms with Gasteiger partial charge in [0.05, 0.1) is 12.1 Å². The van der Waals surface area contributed by atoms with Gasteiger partial charge in [0.25, 0.3) is 0 Å². The Hall–Kier alpha value is -0.820. The predicted octanol–water partition coefficient (Wildman–Crippen LogP) is 2.53. The molecule has 1 aromatic rings. The summed E-state index contributed by atoms with van der Waals surface area (Å²) in [5.74, 6) is 0. The summed E-state index contributed by atoms with van der Waals surface area (Å²) >= 11 is 2.19. The minimum absolute atomic E-state index is 0.228. The van der Waals surface area contributed by atoms with Crippen LogP contribution in [0.5, 0.6) is 0 Å². The summed E-state index contributed by atoms with van der Waals surface area (Å²) in [4.78, 5) is 13.3. The highest BCUT2D eigenvalue weighted by molar-refractivity contribution is 14.1. The van der Waals surface area contributed by atoms with Gasteiger partial charge in [-0.2, -0.15) is 0 Å². The van der Waals surface area contributed by atoms with Crippen LogP contribution in [0.15, 0.2) is 24.3 Å². The number of carbonyl (C=O) groups excluding carboxylic acids is 1. The lowest BCUT2D eigenvalue weighted by atomic mass is 10.1. The van der Waals surface area contributed by atoms with Crippen LogP contribution >= 0.6 is 22.6 Å². The van der Waals surface area contributed by atoms with Gasteiger partial charge in [0.2, 0.25) is 0 Å². The van der Waals surface area contributed by atoms with Crippen LogP contribution in [-0.2, 0) is 0 Å². The van der Waals surface area contributed by atoms with Gasteiger partial charge in [0.1, 0.15) is 0 Å². The van der Waals surface area contributed by atoms with E-state index in [1.165, 1.54) is 4.90 Å². The summed E-state index contributed by atoms with van der Waals surface area (Å²) in [6.45, 7) is 3.62. The fourth-order valence-corrected chi connectivity index (χ4v) is 1.98. The molecule has 1 aromatic carbocycles. The molecule has 0 unspecified atom stereocenters. The van der Waals surface area contributed by atoms with Crippen LogP contribution in [0, 0.1) is 3.57 Å². The highest BCUT2D eigenvalue weighted by Gasteiger charge is 2.19. The van der Waals surface area contributed by atoms with Crippen molar-refractivity contribution >= 4 is 34.3 Å². The van der Waals surface area contributed by atoms with E-state index in [0.29, 0.717) is 0 Å². The molecule has 0 spiro atoms. The van der Waals surface area contributed by atoms with Crippen LogP contribution in [0.2, 0.25) is 0 Å². The Morgan fingerprint density at radius 1 is 1.53 bits per heavy atom. The standard InChI is InChI=1S/C12H17IN2O2/c1-12(2,17)8-15(3)11(16)14-10-6-4-5-9(13)7-10/h4-7,17H,8H2,1-3H3,(H,14,16). The largest absolute Gasteiger partial charge is 0.389 e. The SMILES string of the molecule is CN(CC(C)(C)O)C(=O)Nc1cccc(I)c1. The Labute approximate surface area is 115 Å². The molecule has 0 aliphatic carbocycles. The predicted molar refractivity (Wildman–Crippen MR) is 77.1 cm³/mol. The maximum absolute atomic E-state index is 11.8. The summed E-state index contributed by atoms with van der Waals surface area (Å²) in [7, 11) is 1.65. The van der Waals surface area contributed by atoms with E-state index >= 15 is 0 Å². The molecule has 0 aliphatic rings. The number of urea groups is 1. The lowest BCUT2D eigenvalue weighted by molar-refractivity contribution is 0.0550. The van der Waals surface area contributed by atoms with Crippen LogP contribution in [0.3, 0.4) is 0 Å². The number of amides is 2. The van der Waals surface area contributed by atoms with Gasteiger partial charge in [-0.1, -0.05) is 6.07 Å². The minimum Gasteiger partial charge on any atom is -0.389 e. The van der Waals surface area contributed by atoms with Gasteiger partial charge in [0, 0.05) is 16.3 Å². The summed E-state index contributed by atoms with van der Waals surface area (Å²) < 4.78 is 1.06. The smallest absolute Gasteiger partial charge is 0.321 e. The highest BCUT2D eigenvalue weighted by Crippen LogP contribution is 2.13. The molecule has 1 rings (SSSR count). The number of hydrogen-bond donors (Lipinski definition) is 2. The summed E-state index contributed by atoms with van der Waals surface area (Å²) in [5, 5.41) is 12.4. The van der Waals surface area contributed by atoms with Gasteiger partial charge in [-0.25, -0.2) is 4.79 Å². The molecular formula is C12H17IN2O2. The first-order valence-corrected chi connectivity index (χ1v) is 6.36. The number of nitrogens with one attached hydrogen (secondary N) is 1. The van der Waals surface area contributed by atoms with Gasteiger partial charge in [-0.3, -0.25) is 0 Å². The number of nitrogens with zero attached hydrogens (tertiary/aromatic N) is 1. The average Bonchev–Trinajstić information content (AvgIpc) is 2.14. The Kier molecular flexibility index (Phi) is 4.76. The van der Waals surface area contributed by atoms with Crippen LogP contribution in [0.25, 0.3) is 0 Å². The average molecular weight is 348 g/mol. The Balaban J connectivity index is 2.60. The molecule has 0 aromatic heterocycles. The molecule has 2 amide bonds. The molecule has 0 aliphatic heterocycles. The Morgan fingerprint density at radius 2 is 2.18 bits per heavy atom. The van der Waals surface area contributed by atoms with Crippen molar-refractivity contribution in [3.8, 4) is 0 Å². The van der Waals surface area contributed by atoms with Gasteiger partial charge in [0.15, 0.2) is 0 Å². The number of carbonyl (C=O) groups is 1. The van der Waals surface area contributed by atoms with E-state index in [1.807, 2.05) is 24.3 Å². The van der Waals surface area contributed by atoms with Crippen molar-refractivity contribution in [1.82, 2.24) is 4.90 Å².